The van der Waals surface area contributed by atoms with E-state index in [-0.39, 0.29) is 0 Å². The van der Waals surface area contributed by atoms with Gasteiger partial charge >= 0.3 is 0 Å². The number of nitrogens with zero attached hydrogens (tertiary/aromatic N) is 1. The summed E-state index contributed by atoms with van der Waals surface area (Å²) in [4.78, 5) is 2.45. The van der Waals surface area contributed by atoms with Gasteiger partial charge in [-0.25, -0.2) is 0 Å². The van der Waals surface area contributed by atoms with Crippen molar-refractivity contribution in [3.05, 3.63) is 24.3 Å². The third-order valence-corrected chi connectivity index (χ3v) is 4.13. The molecular weight excluding hydrogens is 236 g/mol. The van der Waals surface area contributed by atoms with Crippen LogP contribution in [0.25, 0.3) is 0 Å². The minimum Gasteiger partial charge on any atom is -0.494 e. The number of anilines is 1. The molecule has 1 N–H and O–H groups in total. The maximum absolute atomic E-state index is 5.47. The molecule has 3 atom stereocenters. The summed E-state index contributed by atoms with van der Waals surface area (Å²) in [7, 11) is 2.22. The quantitative estimate of drug-likeness (QED) is 0.901. The van der Waals surface area contributed by atoms with Gasteiger partial charge in [0.05, 0.1) is 6.61 Å². The first kappa shape index (κ1) is 14.2. The van der Waals surface area contributed by atoms with Crippen LogP contribution in [-0.4, -0.2) is 37.2 Å². The van der Waals surface area contributed by atoms with Crippen LogP contribution in [0, 0.1) is 5.92 Å². The summed E-state index contributed by atoms with van der Waals surface area (Å²) >= 11 is 0. The van der Waals surface area contributed by atoms with Crippen LogP contribution in [0.15, 0.2) is 24.3 Å². The summed E-state index contributed by atoms with van der Waals surface area (Å²) in [5.41, 5.74) is 1.19. The standard InChI is InChI=1S/C16H26N2O/c1-5-19-15-8-6-14(7-9-15)17-16-10-13(3)18(4)11-12(16)2/h6-9,12-13,16-17H,5,10-11H2,1-4H3. The second-order valence-electron chi connectivity index (χ2n) is 5.71. The fourth-order valence-electron chi connectivity index (χ4n) is 2.77. The van der Waals surface area contributed by atoms with Crippen LogP contribution in [0.4, 0.5) is 5.69 Å². The van der Waals surface area contributed by atoms with Crippen LogP contribution in [0.1, 0.15) is 27.2 Å². The van der Waals surface area contributed by atoms with E-state index in [4.69, 9.17) is 4.74 Å². The van der Waals surface area contributed by atoms with Crippen molar-refractivity contribution in [3.8, 4) is 5.75 Å². The van der Waals surface area contributed by atoms with E-state index in [1.807, 2.05) is 19.1 Å². The number of likely N-dealkylation sites (tertiary alicyclic amines) is 1. The van der Waals surface area contributed by atoms with E-state index < -0.39 is 0 Å². The minimum absolute atomic E-state index is 0.559. The Morgan fingerprint density at radius 1 is 1.26 bits per heavy atom. The number of rotatable bonds is 4. The predicted molar refractivity (Wildman–Crippen MR) is 80.9 cm³/mol. The number of hydrogen-bond acceptors (Lipinski definition) is 3. The van der Waals surface area contributed by atoms with Gasteiger partial charge in [0.15, 0.2) is 0 Å². The maximum atomic E-state index is 5.47. The van der Waals surface area contributed by atoms with Gasteiger partial charge in [-0.1, -0.05) is 6.92 Å². The molecular formula is C16H26N2O. The number of piperidine rings is 1. The molecule has 1 saturated heterocycles. The van der Waals surface area contributed by atoms with Crippen LogP contribution in [0.3, 0.4) is 0 Å². The van der Waals surface area contributed by atoms with E-state index >= 15 is 0 Å². The maximum Gasteiger partial charge on any atom is 0.119 e. The average Bonchev–Trinajstić information content (AvgIpc) is 2.38. The molecule has 0 amide bonds. The molecule has 0 aromatic heterocycles. The summed E-state index contributed by atoms with van der Waals surface area (Å²) in [6.45, 7) is 8.52. The molecule has 3 nitrogen and oxygen atoms in total. The van der Waals surface area contributed by atoms with E-state index in [2.05, 4.69) is 43.2 Å². The van der Waals surface area contributed by atoms with E-state index in [0.29, 0.717) is 18.0 Å². The van der Waals surface area contributed by atoms with Gasteiger partial charge in [-0.05, 0) is 57.5 Å². The van der Waals surface area contributed by atoms with E-state index in [9.17, 15) is 0 Å². The molecule has 1 fully saturated rings. The molecule has 1 heterocycles. The zero-order chi connectivity index (χ0) is 13.8. The van der Waals surface area contributed by atoms with Crippen LogP contribution in [0.2, 0.25) is 0 Å². The SMILES string of the molecule is CCOc1ccc(NC2CC(C)N(C)CC2C)cc1. The molecule has 0 radical (unpaired) electrons. The van der Waals surface area contributed by atoms with Crippen molar-refractivity contribution < 1.29 is 4.74 Å². The fraction of sp³-hybridized carbons (Fsp3) is 0.625. The number of nitrogens with one attached hydrogen (secondary N) is 1. The van der Waals surface area contributed by atoms with Crippen molar-refractivity contribution >= 4 is 5.69 Å². The van der Waals surface area contributed by atoms with Crippen molar-refractivity contribution in [2.45, 2.75) is 39.3 Å². The molecule has 2 rings (SSSR count). The molecule has 106 valence electrons. The highest BCUT2D eigenvalue weighted by Gasteiger charge is 2.28. The Kier molecular flexibility index (Phi) is 4.70. The molecule has 3 heteroatoms. The normalized spacial score (nSPS) is 28.1. The lowest BCUT2D eigenvalue weighted by atomic mass is 9.89. The van der Waals surface area contributed by atoms with Crippen LogP contribution in [-0.2, 0) is 0 Å². The van der Waals surface area contributed by atoms with Crippen molar-refractivity contribution in [1.29, 1.82) is 0 Å². The Bertz CT molecular complexity index is 390. The Morgan fingerprint density at radius 3 is 2.58 bits per heavy atom. The zero-order valence-electron chi connectivity index (χ0n) is 12.5. The zero-order valence-corrected chi connectivity index (χ0v) is 12.5. The topological polar surface area (TPSA) is 24.5 Å². The largest absolute Gasteiger partial charge is 0.494 e. The third kappa shape index (κ3) is 3.63. The first-order valence-electron chi connectivity index (χ1n) is 7.29. The lowest BCUT2D eigenvalue weighted by Gasteiger charge is -2.40. The second-order valence-corrected chi connectivity index (χ2v) is 5.71. The highest BCUT2D eigenvalue weighted by Crippen LogP contribution is 2.25. The van der Waals surface area contributed by atoms with Gasteiger partial charge in [-0.2, -0.15) is 0 Å². The number of ether oxygens (including phenoxy) is 1. The highest BCUT2D eigenvalue weighted by atomic mass is 16.5. The third-order valence-electron chi connectivity index (χ3n) is 4.13. The average molecular weight is 262 g/mol. The Labute approximate surface area is 116 Å². The minimum atomic E-state index is 0.559. The first-order valence-corrected chi connectivity index (χ1v) is 7.29. The van der Waals surface area contributed by atoms with Gasteiger partial charge in [-0.3, -0.25) is 0 Å². The predicted octanol–water partition coefficient (Wildman–Crippen LogP) is 3.23. The van der Waals surface area contributed by atoms with Gasteiger partial charge in [0.2, 0.25) is 0 Å². The molecule has 3 unspecified atom stereocenters. The first-order chi connectivity index (χ1) is 9.10. The smallest absolute Gasteiger partial charge is 0.119 e. The van der Waals surface area contributed by atoms with Gasteiger partial charge in [0.1, 0.15) is 5.75 Å². The molecule has 1 aliphatic rings. The summed E-state index contributed by atoms with van der Waals surface area (Å²) < 4.78 is 5.47. The second kappa shape index (κ2) is 6.29. The van der Waals surface area contributed by atoms with Crippen LogP contribution in [0.5, 0.6) is 5.75 Å². The van der Waals surface area contributed by atoms with Crippen LogP contribution < -0.4 is 10.1 Å². The highest BCUT2D eigenvalue weighted by molar-refractivity contribution is 5.47. The van der Waals surface area contributed by atoms with E-state index in [0.717, 1.165) is 18.9 Å². The molecule has 19 heavy (non-hydrogen) atoms. The van der Waals surface area contributed by atoms with Gasteiger partial charge < -0.3 is 15.0 Å². The Hall–Kier alpha value is -1.22. The fourth-order valence-corrected chi connectivity index (χ4v) is 2.77. The lowest BCUT2D eigenvalue weighted by molar-refractivity contribution is 0.145. The van der Waals surface area contributed by atoms with Crippen molar-refractivity contribution in [3.63, 3.8) is 0 Å². The molecule has 1 aliphatic heterocycles. The Morgan fingerprint density at radius 2 is 1.95 bits per heavy atom. The van der Waals surface area contributed by atoms with Crippen molar-refractivity contribution in [2.24, 2.45) is 5.92 Å². The van der Waals surface area contributed by atoms with Crippen molar-refractivity contribution in [1.82, 2.24) is 4.90 Å². The molecule has 1 aromatic rings. The van der Waals surface area contributed by atoms with Gasteiger partial charge in [0.25, 0.3) is 0 Å². The summed E-state index contributed by atoms with van der Waals surface area (Å²) in [6, 6.07) is 9.51. The number of hydrogen-bond donors (Lipinski definition) is 1. The molecule has 0 saturated carbocycles. The number of benzene rings is 1. The monoisotopic (exact) mass is 262 g/mol. The lowest BCUT2D eigenvalue weighted by Crippen LogP contribution is -2.48. The van der Waals surface area contributed by atoms with Gasteiger partial charge in [-0.15, -0.1) is 0 Å². The summed E-state index contributed by atoms with van der Waals surface area (Å²) in [5.74, 6) is 1.62. The van der Waals surface area contributed by atoms with E-state index in [1.165, 1.54) is 12.1 Å². The van der Waals surface area contributed by atoms with Gasteiger partial charge in [0, 0.05) is 24.3 Å². The van der Waals surface area contributed by atoms with Crippen LogP contribution >= 0.6 is 0 Å². The summed E-state index contributed by atoms with van der Waals surface area (Å²) in [5, 5.41) is 3.67. The molecule has 1 aromatic carbocycles. The van der Waals surface area contributed by atoms with Crippen molar-refractivity contribution in [2.75, 3.05) is 25.5 Å². The summed E-state index contributed by atoms with van der Waals surface area (Å²) in [6.07, 6.45) is 1.20. The molecule has 0 aliphatic carbocycles. The van der Waals surface area contributed by atoms with E-state index in [1.54, 1.807) is 0 Å². The molecule has 0 bridgehead atoms. The Balaban J connectivity index is 1.96. The molecule has 0 spiro atoms.